The fourth-order valence-electron chi connectivity index (χ4n) is 6.60. The number of hydrogen-bond donors (Lipinski definition) is 4. The van der Waals surface area contributed by atoms with Crippen LogP contribution in [0.25, 0.3) is 30.4 Å². The second-order valence-corrected chi connectivity index (χ2v) is 16.2. The molecule has 2 amide bonds. The maximum Gasteiger partial charge on any atom is 0.313 e. The molecule has 7 rings (SSSR count). The normalized spacial score (nSPS) is 15.6. The molecule has 0 bridgehead atoms. The summed E-state index contributed by atoms with van der Waals surface area (Å²) in [4.78, 5) is 57.2. The first-order valence-corrected chi connectivity index (χ1v) is 21.3. The number of nitrogens with one attached hydrogen (secondary N) is 2. The predicted octanol–water partition coefficient (Wildman–Crippen LogP) is 8.97. The number of aliphatic carboxylic acids is 2. The van der Waals surface area contributed by atoms with E-state index in [1.165, 1.54) is 5.56 Å². The van der Waals surface area contributed by atoms with Gasteiger partial charge in [-0.2, -0.15) is 0 Å². The highest BCUT2D eigenvalue weighted by Gasteiger charge is 2.27. The van der Waals surface area contributed by atoms with Crippen molar-refractivity contribution in [3.05, 3.63) is 165 Å². The highest BCUT2D eigenvalue weighted by Crippen LogP contribution is 2.37. The molecule has 11 nitrogen and oxygen atoms in total. The highest BCUT2D eigenvalue weighted by molar-refractivity contribution is 8.14. The molecule has 61 heavy (non-hydrogen) atoms. The molecule has 2 aliphatic rings. The van der Waals surface area contributed by atoms with Gasteiger partial charge in [-0.15, -0.1) is 0 Å². The molecule has 4 N–H and O–H groups in total. The first-order valence-electron chi connectivity index (χ1n) is 19.3. The van der Waals surface area contributed by atoms with Crippen molar-refractivity contribution in [3.63, 3.8) is 0 Å². The van der Waals surface area contributed by atoms with E-state index in [-0.39, 0.29) is 34.2 Å². The van der Waals surface area contributed by atoms with E-state index in [0.29, 0.717) is 11.6 Å². The minimum atomic E-state index is -0.979. The summed E-state index contributed by atoms with van der Waals surface area (Å²) in [6.45, 7) is 4.22. The highest BCUT2D eigenvalue weighted by atomic mass is 32.2. The van der Waals surface area contributed by atoms with Gasteiger partial charge in [0.1, 0.15) is 11.7 Å². The van der Waals surface area contributed by atoms with Crippen LogP contribution >= 0.6 is 23.5 Å². The summed E-state index contributed by atoms with van der Waals surface area (Å²) in [5, 5.41) is 23.7. The Morgan fingerprint density at radius 3 is 1.67 bits per heavy atom. The van der Waals surface area contributed by atoms with Gasteiger partial charge in [0.25, 0.3) is 11.8 Å². The summed E-state index contributed by atoms with van der Waals surface area (Å²) < 4.78 is 0. The average molecular weight is 848 g/mol. The van der Waals surface area contributed by atoms with Gasteiger partial charge in [0.05, 0.1) is 11.5 Å². The lowest BCUT2D eigenvalue weighted by molar-refractivity contribution is -0.134. The number of amidine groups is 2. The number of thioether (sulfide) groups is 2. The monoisotopic (exact) mass is 847 g/mol. The molecule has 0 aliphatic carbocycles. The Kier molecular flexibility index (Phi) is 13.4. The van der Waals surface area contributed by atoms with Crippen LogP contribution in [0.5, 0.6) is 0 Å². The van der Waals surface area contributed by atoms with Gasteiger partial charge in [-0.1, -0.05) is 138 Å². The molecule has 0 saturated heterocycles. The van der Waals surface area contributed by atoms with E-state index in [1.54, 1.807) is 6.08 Å². The molecule has 1 atom stereocenters. The zero-order chi connectivity index (χ0) is 42.9. The molecule has 5 aromatic rings. The molecule has 0 saturated carbocycles. The minimum absolute atomic E-state index is 0.155. The molecule has 5 aromatic carbocycles. The standard InChI is InChI=1S/C48H41N5O6S2/c1-30-3-24-42(31(2)25-30)53(38-20-16-34(17-21-38)6-4-32-8-12-36(13-9-32)26-40-45(58)51-47(49-40)60-28-43(54)55)39-22-18-35(19-23-39)7-5-33-10-14-37(15-11-33)27-41-46(59)52-48(50-41)61-29-44(56)57/h3-26,41H,27-29H2,1-2H3,(H,54,55)(H,56,57)(H,49,51,58)(H,50,52,59)/b6-4+,7-5+,40-26-. The van der Waals surface area contributed by atoms with Crippen LogP contribution in [0.1, 0.15) is 44.5 Å². The average Bonchev–Trinajstić information content (AvgIpc) is 3.79. The Balaban J connectivity index is 1.01. The van der Waals surface area contributed by atoms with E-state index in [1.807, 2.05) is 60.7 Å². The molecule has 13 heteroatoms. The Morgan fingerprint density at radius 2 is 1.15 bits per heavy atom. The summed E-state index contributed by atoms with van der Waals surface area (Å²) >= 11 is 1.98. The molecule has 2 heterocycles. The first kappa shape index (κ1) is 42.2. The summed E-state index contributed by atoms with van der Waals surface area (Å²) in [5.74, 6) is -2.86. The van der Waals surface area contributed by atoms with Crippen LogP contribution in [-0.2, 0) is 25.6 Å². The molecule has 0 aromatic heterocycles. The Labute approximate surface area is 361 Å². The molecular formula is C48H41N5O6S2. The Hall–Kier alpha value is -6.96. The van der Waals surface area contributed by atoms with Crippen LogP contribution in [0.3, 0.4) is 0 Å². The van der Waals surface area contributed by atoms with Crippen molar-refractivity contribution in [3.8, 4) is 0 Å². The van der Waals surface area contributed by atoms with E-state index in [2.05, 4.69) is 118 Å². The van der Waals surface area contributed by atoms with E-state index < -0.39 is 18.0 Å². The number of carboxylic acid groups (broad SMARTS) is 2. The quantitative estimate of drug-likeness (QED) is 0.0632. The van der Waals surface area contributed by atoms with Crippen LogP contribution in [0.15, 0.2) is 131 Å². The second kappa shape index (κ2) is 19.4. The lowest BCUT2D eigenvalue weighted by Gasteiger charge is -2.27. The summed E-state index contributed by atoms with van der Waals surface area (Å²) in [5.41, 5.74) is 11.5. The summed E-state index contributed by atoms with van der Waals surface area (Å²) in [6, 6.07) is 38.4. The van der Waals surface area contributed by atoms with Crippen molar-refractivity contribution >= 4 is 105 Å². The van der Waals surface area contributed by atoms with Gasteiger partial charge in [0.15, 0.2) is 10.3 Å². The van der Waals surface area contributed by atoms with Gasteiger partial charge < -0.3 is 20.4 Å². The van der Waals surface area contributed by atoms with E-state index in [4.69, 9.17) is 10.2 Å². The molecular weight excluding hydrogens is 807 g/mol. The fourth-order valence-corrected chi connectivity index (χ4v) is 7.82. The fraction of sp³-hybridized carbons (Fsp3) is 0.125. The number of carbonyl (C=O) groups excluding carboxylic acids is 2. The van der Waals surface area contributed by atoms with E-state index in [0.717, 1.165) is 79.5 Å². The van der Waals surface area contributed by atoms with Crippen LogP contribution in [0.2, 0.25) is 0 Å². The van der Waals surface area contributed by atoms with Gasteiger partial charge in [-0.3, -0.25) is 24.5 Å². The van der Waals surface area contributed by atoms with Gasteiger partial charge in [0.2, 0.25) is 0 Å². The van der Waals surface area contributed by atoms with E-state index in [9.17, 15) is 19.2 Å². The van der Waals surface area contributed by atoms with Crippen molar-refractivity contribution in [2.45, 2.75) is 26.3 Å². The van der Waals surface area contributed by atoms with Crippen molar-refractivity contribution in [2.75, 3.05) is 16.4 Å². The maximum absolute atomic E-state index is 12.4. The van der Waals surface area contributed by atoms with Crippen molar-refractivity contribution in [1.29, 1.82) is 0 Å². The SMILES string of the molecule is Cc1ccc(N(c2ccc(/C=C/c3ccc(/C=C4\N=C(SCC(=O)O)NC4=O)cc3)cc2)c2ccc(/C=C/c3ccc(CC4N=C(SCC(=O)O)NC4=O)cc3)cc2)c(C)c1. The zero-order valence-electron chi connectivity index (χ0n) is 33.2. The molecule has 306 valence electrons. The van der Waals surface area contributed by atoms with Crippen molar-refractivity contribution < 1.29 is 29.4 Å². The maximum atomic E-state index is 12.4. The number of carbonyl (C=O) groups is 4. The molecule has 2 aliphatic heterocycles. The number of hydrogen-bond acceptors (Lipinski definition) is 9. The van der Waals surface area contributed by atoms with Gasteiger partial charge in [-0.25, -0.2) is 9.98 Å². The lowest BCUT2D eigenvalue weighted by atomic mass is 10.0. The number of nitrogens with zero attached hydrogens (tertiary/aromatic N) is 3. The number of carboxylic acids is 2. The molecule has 0 radical (unpaired) electrons. The largest absolute Gasteiger partial charge is 0.481 e. The van der Waals surface area contributed by atoms with Crippen LogP contribution in [0, 0.1) is 13.8 Å². The summed E-state index contributed by atoms with van der Waals surface area (Å²) in [6.07, 6.45) is 10.3. The predicted molar refractivity (Wildman–Crippen MR) is 248 cm³/mol. The van der Waals surface area contributed by atoms with Gasteiger partial charge in [-0.05, 0) is 89.2 Å². The number of rotatable bonds is 14. The number of aliphatic imine (C=N–C) groups is 2. The van der Waals surface area contributed by atoms with Crippen molar-refractivity contribution in [1.82, 2.24) is 10.6 Å². The third-order valence-corrected chi connectivity index (χ3v) is 11.4. The molecule has 0 spiro atoms. The molecule has 0 fully saturated rings. The smallest absolute Gasteiger partial charge is 0.313 e. The lowest BCUT2D eigenvalue weighted by Crippen LogP contribution is -2.29. The molecule has 1 unspecified atom stereocenters. The topological polar surface area (TPSA) is 161 Å². The summed E-state index contributed by atoms with van der Waals surface area (Å²) in [7, 11) is 0. The number of aryl methyl sites for hydroxylation is 2. The van der Waals surface area contributed by atoms with Crippen LogP contribution in [0.4, 0.5) is 17.1 Å². The number of benzene rings is 5. The number of amides is 2. The van der Waals surface area contributed by atoms with Gasteiger partial charge in [0, 0.05) is 23.5 Å². The van der Waals surface area contributed by atoms with Crippen LogP contribution < -0.4 is 15.5 Å². The van der Waals surface area contributed by atoms with Crippen molar-refractivity contribution in [2.24, 2.45) is 9.98 Å². The zero-order valence-corrected chi connectivity index (χ0v) is 34.9. The Morgan fingerprint density at radius 1 is 0.656 bits per heavy atom. The first-order chi connectivity index (χ1) is 29.4. The second-order valence-electron chi connectivity index (χ2n) is 14.3. The van der Waals surface area contributed by atoms with E-state index >= 15 is 0 Å². The third kappa shape index (κ3) is 11.4. The minimum Gasteiger partial charge on any atom is -0.481 e. The van der Waals surface area contributed by atoms with Crippen LogP contribution in [-0.4, -0.2) is 61.8 Å². The number of anilines is 3. The third-order valence-electron chi connectivity index (χ3n) is 9.63. The van der Waals surface area contributed by atoms with Gasteiger partial charge >= 0.3 is 11.9 Å². The Bertz CT molecular complexity index is 2620.